The molecule has 2 aromatic rings. The number of hydrogen-bond donors (Lipinski definition) is 1. The number of rotatable bonds is 15. The van der Waals surface area contributed by atoms with Gasteiger partial charge in [0.1, 0.15) is 5.60 Å². The van der Waals surface area contributed by atoms with Gasteiger partial charge in [0.2, 0.25) is 0 Å². The summed E-state index contributed by atoms with van der Waals surface area (Å²) in [7, 11) is 82.9. The van der Waals surface area contributed by atoms with Crippen molar-refractivity contribution >= 4 is 191 Å². The fourth-order valence-corrected chi connectivity index (χ4v) is 10.3. The molecule has 302 valence electrons. The maximum atomic E-state index is 12.4. The molecule has 4 saturated heterocycles. The van der Waals surface area contributed by atoms with E-state index in [-0.39, 0.29) is 28.4 Å². The molecule has 0 aliphatic carbocycles. The van der Waals surface area contributed by atoms with E-state index in [2.05, 4.69) is 69.7 Å². The zero-order valence-corrected chi connectivity index (χ0v) is 37.8. The van der Waals surface area contributed by atoms with E-state index in [4.69, 9.17) is 113 Å². The van der Waals surface area contributed by atoms with Gasteiger partial charge in [-0.15, -0.1) is 0 Å². The van der Waals surface area contributed by atoms with Gasteiger partial charge < -0.3 is 15.0 Å². The molecule has 2 aromatic carbocycles. The molecular weight excluding hydrogens is 778 g/mol. The van der Waals surface area contributed by atoms with Crippen LogP contribution in [-0.4, -0.2) is 263 Å². The number of carbonyl (C=O) groups excluding carboxylic acids is 1. The van der Waals surface area contributed by atoms with Gasteiger partial charge in [0.05, 0.1) is 0 Å². The third-order valence-corrected chi connectivity index (χ3v) is 12.8. The lowest BCUT2D eigenvalue weighted by Gasteiger charge is -2.48. The SMILES string of the molecule is C.C.C.CC(C)(C)OC(=O)N1CC2CC1CN(Cc1ccccc1)C2.[B]B([B])B(B([B])[B])B(B([B])[B])B(B(B([B])[B])B([B])[B])B(B([B])[B])B([B])[B].c1ccc(CN2CC3CNC(C3)C2)cc1. The lowest BCUT2D eigenvalue weighted by Crippen LogP contribution is -2.86. The summed E-state index contributed by atoms with van der Waals surface area (Å²) in [6.07, 6.45) is -8.50. The van der Waals surface area contributed by atoms with Crippen molar-refractivity contribution in [1.82, 2.24) is 20.0 Å². The van der Waals surface area contributed by atoms with Crippen molar-refractivity contribution in [3.63, 3.8) is 0 Å². The molecule has 4 unspecified atom stereocenters. The first-order valence-corrected chi connectivity index (χ1v) is 22.4. The van der Waals surface area contributed by atoms with Gasteiger partial charge in [0.25, 0.3) is 0 Å². The van der Waals surface area contributed by atoms with Crippen LogP contribution in [0.4, 0.5) is 4.79 Å². The van der Waals surface area contributed by atoms with Crippen LogP contribution in [-0.2, 0) is 17.8 Å². The van der Waals surface area contributed by atoms with Gasteiger partial charge in [-0.2, -0.15) is 0 Å². The monoisotopic (exact) mass is 839 g/mol. The molecule has 4 atom stereocenters. The maximum Gasteiger partial charge on any atom is 0.410 e. The minimum Gasteiger partial charge on any atom is -0.444 e. The van der Waals surface area contributed by atoms with Crippen LogP contribution in [0.25, 0.3) is 0 Å². The van der Waals surface area contributed by atoms with Gasteiger partial charge >= 0.3 is 6.09 Å². The molecule has 28 radical (unpaired) electrons. The molecule has 0 saturated carbocycles. The molecule has 0 spiro atoms. The molecule has 4 heterocycles. The second-order valence-electron chi connectivity index (χ2n) is 19.4. The lowest BCUT2D eigenvalue weighted by molar-refractivity contribution is 0.0209. The Morgan fingerprint density at radius 1 is 0.545 bits per heavy atom. The molecule has 0 aromatic heterocycles. The molecular formula is C34H56B26N4O2. The fourth-order valence-electron chi connectivity index (χ4n) is 10.3. The number of piperidine rings is 2. The van der Waals surface area contributed by atoms with Gasteiger partial charge in [-0.3, -0.25) is 9.80 Å². The largest absolute Gasteiger partial charge is 0.444 e. The topological polar surface area (TPSA) is 48.1 Å². The summed E-state index contributed by atoms with van der Waals surface area (Å²) in [4.78, 5) is 19.4. The van der Waals surface area contributed by atoms with Crippen molar-refractivity contribution in [3.05, 3.63) is 71.8 Å². The third kappa shape index (κ3) is 19.1. The summed E-state index contributed by atoms with van der Waals surface area (Å²) < 4.78 is 5.55. The number of likely N-dealkylation sites (tertiary alicyclic amines) is 3. The molecule has 1 amide bonds. The van der Waals surface area contributed by atoms with Crippen molar-refractivity contribution in [2.45, 2.75) is 86.7 Å². The van der Waals surface area contributed by atoms with Crippen molar-refractivity contribution in [1.29, 1.82) is 0 Å². The lowest BCUT2D eigenvalue weighted by atomic mass is 8.34. The second kappa shape index (κ2) is 29.6. The highest BCUT2D eigenvalue weighted by molar-refractivity contribution is 8.25. The highest BCUT2D eigenvalue weighted by atomic mass is 16.6. The standard InChI is InChI=1S/C18H26N2O2.C13H18N2.3CH4.B26/c1-18(2,3)22-17(21)20-12-15-9-16(20)13-19(11-15)10-14-7-5-4-6-8-14;1-2-4-11(5-3-1)8-15-9-12-6-13(10-15)14-7-12;;;;1-15(2)22(16(3)4)25(21(13)14)26(23(17(5)6)18(7)8)24(19(9)10)20(11)12/h4-8,15-16H,9-13H2,1-3H3;1-5,12-14H,6-10H2;3*1H4;. The number of hydrogen-bond acceptors (Lipinski definition) is 5. The molecule has 4 bridgehead atoms. The van der Waals surface area contributed by atoms with Crippen LogP contribution in [0.15, 0.2) is 60.7 Å². The van der Waals surface area contributed by atoms with E-state index in [0.29, 0.717) is 12.0 Å². The van der Waals surface area contributed by atoms with Crippen LogP contribution < -0.4 is 5.32 Å². The number of nitrogens with one attached hydrogen (secondary N) is 1. The molecule has 32 heteroatoms. The van der Waals surface area contributed by atoms with E-state index in [1.54, 1.807) is 0 Å². The predicted octanol–water partition coefficient (Wildman–Crippen LogP) is -3.38. The highest BCUT2D eigenvalue weighted by Gasteiger charge is 2.50. The molecule has 66 heavy (non-hydrogen) atoms. The summed E-state index contributed by atoms with van der Waals surface area (Å²) >= 11 is 0. The van der Waals surface area contributed by atoms with Gasteiger partial charge in [-0.1, -0.05) is 82.9 Å². The predicted molar refractivity (Wildman–Crippen MR) is 318 cm³/mol. The summed E-state index contributed by atoms with van der Waals surface area (Å²) in [5.41, 5.74) is 2.36. The maximum absolute atomic E-state index is 12.4. The Kier molecular flexibility index (Phi) is 28.4. The van der Waals surface area contributed by atoms with Crippen LogP contribution in [0.5, 0.6) is 0 Å². The van der Waals surface area contributed by atoms with E-state index in [0.717, 1.165) is 51.1 Å². The van der Waals surface area contributed by atoms with Gasteiger partial charge in [-0.25, -0.2) is 4.79 Å². The van der Waals surface area contributed by atoms with E-state index in [1.165, 1.54) is 37.2 Å². The Morgan fingerprint density at radius 3 is 1.33 bits per heavy atom. The Morgan fingerprint density at radius 2 is 0.939 bits per heavy atom. The minimum atomic E-state index is -1.02. The quantitative estimate of drug-likeness (QED) is 0.190. The van der Waals surface area contributed by atoms with Crippen molar-refractivity contribution in [3.8, 4) is 0 Å². The fraction of sp³-hybridized carbons (Fsp3) is 0.618. The summed E-state index contributed by atoms with van der Waals surface area (Å²) in [5, 5.41) is 3.59. The summed E-state index contributed by atoms with van der Waals surface area (Å²) in [6.45, 7) is 14.5. The molecule has 4 fully saturated rings. The number of nitrogens with zero attached hydrogens (tertiary/aromatic N) is 3. The summed E-state index contributed by atoms with van der Waals surface area (Å²) in [6, 6.07) is 22.4. The average molecular weight is 834 g/mol. The number of ether oxygens (including phenoxy) is 1. The number of carbonyl (C=O) groups is 1. The van der Waals surface area contributed by atoms with Crippen LogP contribution in [0.3, 0.4) is 0 Å². The van der Waals surface area contributed by atoms with Gasteiger partial charge in [0, 0.05) is 243 Å². The Labute approximate surface area is 427 Å². The Balaban J connectivity index is 0.000000496. The zero-order chi connectivity index (χ0) is 46.8. The minimum absolute atomic E-state index is 0. The second-order valence-corrected chi connectivity index (χ2v) is 19.4. The van der Waals surface area contributed by atoms with Gasteiger partial charge in [0.15, 0.2) is 0 Å². The van der Waals surface area contributed by atoms with Crippen LogP contribution in [0, 0.1) is 11.8 Å². The van der Waals surface area contributed by atoms with Gasteiger partial charge in [-0.05, 0) is 63.1 Å². The smallest absolute Gasteiger partial charge is 0.410 e. The molecule has 6 nitrogen and oxygen atoms in total. The number of fused-ring (bicyclic) bond motifs is 4. The number of benzene rings is 2. The Bertz CT molecular complexity index is 1590. The van der Waals surface area contributed by atoms with E-state index in [1.807, 2.05) is 31.7 Å². The van der Waals surface area contributed by atoms with Crippen LogP contribution in [0.1, 0.15) is 67.0 Å². The van der Waals surface area contributed by atoms with E-state index >= 15 is 0 Å². The first-order chi connectivity index (χ1) is 29.6. The first-order valence-electron chi connectivity index (χ1n) is 22.4. The van der Waals surface area contributed by atoms with E-state index in [9.17, 15) is 4.79 Å². The van der Waals surface area contributed by atoms with E-state index < -0.39 is 82.2 Å². The molecule has 4 aliphatic rings. The zero-order valence-electron chi connectivity index (χ0n) is 37.8. The highest BCUT2D eigenvalue weighted by Crippen LogP contribution is 2.32. The molecule has 4 aliphatic heterocycles. The normalized spacial score (nSPS) is 19.1. The van der Waals surface area contributed by atoms with Crippen LogP contribution >= 0.6 is 0 Å². The average Bonchev–Trinajstić information content (AvgIpc) is 3.68. The Hall–Kier alpha value is -0.722. The van der Waals surface area contributed by atoms with Crippen molar-refractivity contribution in [2.75, 3.05) is 39.3 Å². The first kappa shape index (κ1) is 63.3. The van der Waals surface area contributed by atoms with Crippen molar-refractivity contribution in [2.24, 2.45) is 11.8 Å². The number of amides is 1. The molecule has 6 rings (SSSR count). The van der Waals surface area contributed by atoms with Crippen molar-refractivity contribution < 1.29 is 9.53 Å². The molecule has 1 N–H and O–H groups in total. The summed E-state index contributed by atoms with van der Waals surface area (Å²) in [5.74, 6) is 1.47. The van der Waals surface area contributed by atoms with Crippen LogP contribution in [0.2, 0.25) is 0 Å². The third-order valence-electron chi connectivity index (χ3n) is 12.8.